The van der Waals surface area contributed by atoms with Crippen LogP contribution >= 0.6 is 11.9 Å². The number of nitrogens with one attached hydrogen (secondary N) is 2. The standard InChI is InChI=1S/C12H16N2O2S/c1-8(2)11(15)13-10-6-4-5-9(7-10)12(16)14-17-3/h4-8H,1-3H3,(H,13,15)(H,14,16). The van der Waals surface area contributed by atoms with Crippen LogP contribution in [0.15, 0.2) is 24.3 Å². The number of anilines is 1. The number of benzene rings is 1. The SMILES string of the molecule is CSNC(=O)c1cccc(NC(=O)C(C)C)c1. The molecule has 0 heterocycles. The number of carbonyl (C=O) groups excluding carboxylic acids is 2. The van der Waals surface area contributed by atoms with Gasteiger partial charge in [0.1, 0.15) is 0 Å². The summed E-state index contributed by atoms with van der Waals surface area (Å²) in [5.74, 6) is -0.316. The van der Waals surface area contributed by atoms with Crippen molar-refractivity contribution >= 4 is 29.4 Å². The molecule has 1 rings (SSSR count). The molecule has 0 aliphatic rings. The van der Waals surface area contributed by atoms with Crippen LogP contribution in [0.3, 0.4) is 0 Å². The van der Waals surface area contributed by atoms with E-state index in [0.29, 0.717) is 11.3 Å². The molecule has 0 spiro atoms. The summed E-state index contributed by atoms with van der Waals surface area (Å²) in [4.78, 5) is 23.1. The van der Waals surface area contributed by atoms with Gasteiger partial charge in [-0.05, 0) is 18.2 Å². The van der Waals surface area contributed by atoms with Crippen molar-refractivity contribution in [3.63, 3.8) is 0 Å². The van der Waals surface area contributed by atoms with Crippen molar-refractivity contribution in [3.8, 4) is 0 Å². The molecule has 5 heteroatoms. The Morgan fingerprint density at radius 2 is 2.00 bits per heavy atom. The number of hydrogen-bond donors (Lipinski definition) is 2. The molecule has 92 valence electrons. The molecule has 0 fully saturated rings. The summed E-state index contributed by atoms with van der Waals surface area (Å²) in [6.07, 6.45) is 1.78. The van der Waals surface area contributed by atoms with Gasteiger partial charge in [-0.15, -0.1) is 0 Å². The van der Waals surface area contributed by atoms with E-state index in [1.54, 1.807) is 30.5 Å². The molecule has 0 saturated heterocycles. The van der Waals surface area contributed by atoms with Gasteiger partial charge < -0.3 is 5.32 Å². The molecule has 0 unspecified atom stereocenters. The van der Waals surface area contributed by atoms with Gasteiger partial charge in [-0.3, -0.25) is 14.3 Å². The highest BCUT2D eigenvalue weighted by Gasteiger charge is 2.09. The van der Waals surface area contributed by atoms with E-state index in [1.807, 2.05) is 13.8 Å². The lowest BCUT2D eigenvalue weighted by molar-refractivity contribution is -0.118. The monoisotopic (exact) mass is 252 g/mol. The first-order chi connectivity index (χ1) is 8.04. The molecule has 0 atom stereocenters. The smallest absolute Gasteiger partial charge is 0.261 e. The van der Waals surface area contributed by atoms with Gasteiger partial charge in [0.05, 0.1) is 0 Å². The molecule has 4 nitrogen and oxygen atoms in total. The van der Waals surface area contributed by atoms with Crippen molar-refractivity contribution in [2.45, 2.75) is 13.8 Å². The highest BCUT2D eigenvalue weighted by Crippen LogP contribution is 2.12. The third-order valence-corrected chi connectivity index (χ3v) is 2.50. The van der Waals surface area contributed by atoms with Crippen LogP contribution < -0.4 is 10.0 Å². The normalized spacial score (nSPS) is 10.1. The molecule has 0 bridgehead atoms. The minimum atomic E-state index is -0.168. The van der Waals surface area contributed by atoms with Crippen LogP contribution in [0.5, 0.6) is 0 Å². The summed E-state index contributed by atoms with van der Waals surface area (Å²) in [5.41, 5.74) is 1.17. The van der Waals surface area contributed by atoms with Crippen LogP contribution in [0.1, 0.15) is 24.2 Å². The largest absolute Gasteiger partial charge is 0.326 e. The maximum absolute atomic E-state index is 11.6. The van der Waals surface area contributed by atoms with Gasteiger partial charge in [-0.25, -0.2) is 0 Å². The van der Waals surface area contributed by atoms with Gasteiger partial charge in [-0.1, -0.05) is 31.9 Å². The minimum Gasteiger partial charge on any atom is -0.326 e. The van der Waals surface area contributed by atoms with E-state index in [1.165, 1.54) is 11.9 Å². The fraction of sp³-hybridized carbons (Fsp3) is 0.333. The molecule has 0 aliphatic heterocycles. The van der Waals surface area contributed by atoms with Gasteiger partial charge in [0, 0.05) is 23.4 Å². The van der Waals surface area contributed by atoms with E-state index >= 15 is 0 Å². The zero-order valence-corrected chi connectivity index (χ0v) is 10.9. The van der Waals surface area contributed by atoms with Crippen molar-refractivity contribution in [1.29, 1.82) is 0 Å². The Balaban J connectivity index is 2.79. The summed E-state index contributed by atoms with van der Waals surface area (Å²) in [6, 6.07) is 6.86. The Morgan fingerprint density at radius 1 is 1.29 bits per heavy atom. The number of rotatable bonds is 4. The number of hydrogen-bond acceptors (Lipinski definition) is 3. The second kappa shape index (κ2) is 6.30. The van der Waals surface area contributed by atoms with Crippen LogP contribution in [-0.2, 0) is 4.79 Å². The van der Waals surface area contributed by atoms with Crippen molar-refractivity contribution in [3.05, 3.63) is 29.8 Å². The Hall–Kier alpha value is -1.49. The summed E-state index contributed by atoms with van der Waals surface area (Å²) in [5, 5.41) is 2.75. The highest BCUT2D eigenvalue weighted by molar-refractivity contribution is 7.97. The zero-order valence-electron chi connectivity index (χ0n) is 10.1. The Bertz CT molecular complexity index is 419. The van der Waals surface area contributed by atoms with E-state index in [9.17, 15) is 9.59 Å². The lowest BCUT2D eigenvalue weighted by atomic mass is 10.1. The Kier molecular flexibility index (Phi) is 5.03. The highest BCUT2D eigenvalue weighted by atomic mass is 32.2. The predicted octanol–water partition coefficient (Wildman–Crippen LogP) is 2.29. The topological polar surface area (TPSA) is 58.2 Å². The van der Waals surface area contributed by atoms with E-state index in [4.69, 9.17) is 0 Å². The van der Waals surface area contributed by atoms with Gasteiger partial charge >= 0.3 is 0 Å². The molecule has 0 radical (unpaired) electrons. The molecular weight excluding hydrogens is 236 g/mol. The molecule has 17 heavy (non-hydrogen) atoms. The molecule has 0 aliphatic carbocycles. The third-order valence-electron chi connectivity index (χ3n) is 2.11. The van der Waals surface area contributed by atoms with E-state index in [2.05, 4.69) is 10.0 Å². The summed E-state index contributed by atoms with van der Waals surface area (Å²) >= 11 is 1.24. The van der Waals surface area contributed by atoms with Crippen molar-refractivity contribution < 1.29 is 9.59 Å². The fourth-order valence-corrected chi connectivity index (χ4v) is 1.48. The molecule has 0 saturated carbocycles. The number of carbonyl (C=O) groups is 2. The van der Waals surface area contributed by atoms with Crippen LogP contribution in [0, 0.1) is 5.92 Å². The first kappa shape index (κ1) is 13.6. The molecule has 2 amide bonds. The van der Waals surface area contributed by atoms with Crippen molar-refractivity contribution in [2.24, 2.45) is 5.92 Å². The summed E-state index contributed by atoms with van der Waals surface area (Å²) in [6.45, 7) is 3.64. The van der Waals surface area contributed by atoms with Crippen LogP contribution in [0.2, 0.25) is 0 Å². The minimum absolute atomic E-state index is 0.0626. The van der Waals surface area contributed by atoms with Crippen molar-refractivity contribution in [2.75, 3.05) is 11.6 Å². The van der Waals surface area contributed by atoms with Crippen LogP contribution in [0.4, 0.5) is 5.69 Å². The molecule has 2 N–H and O–H groups in total. The lowest BCUT2D eigenvalue weighted by Crippen LogP contribution is -2.19. The molecule has 1 aromatic carbocycles. The molecule has 1 aromatic rings. The van der Waals surface area contributed by atoms with Crippen molar-refractivity contribution in [1.82, 2.24) is 4.72 Å². The van der Waals surface area contributed by atoms with E-state index < -0.39 is 0 Å². The quantitative estimate of drug-likeness (QED) is 0.808. The van der Waals surface area contributed by atoms with Crippen LogP contribution in [-0.4, -0.2) is 18.1 Å². The maximum atomic E-state index is 11.6. The second-order valence-electron chi connectivity index (χ2n) is 3.86. The average molecular weight is 252 g/mol. The van der Waals surface area contributed by atoms with Gasteiger partial charge in [0.25, 0.3) is 5.91 Å². The number of amides is 2. The molecular formula is C12H16N2O2S. The van der Waals surface area contributed by atoms with Crippen LogP contribution in [0.25, 0.3) is 0 Å². The van der Waals surface area contributed by atoms with Gasteiger partial charge in [-0.2, -0.15) is 0 Å². The zero-order chi connectivity index (χ0) is 12.8. The molecule has 0 aromatic heterocycles. The first-order valence-electron chi connectivity index (χ1n) is 5.29. The lowest BCUT2D eigenvalue weighted by Gasteiger charge is -2.09. The third kappa shape index (κ3) is 4.11. The van der Waals surface area contributed by atoms with E-state index in [0.717, 1.165) is 0 Å². The van der Waals surface area contributed by atoms with Gasteiger partial charge in [0.15, 0.2) is 0 Å². The maximum Gasteiger partial charge on any atom is 0.261 e. The summed E-state index contributed by atoms with van der Waals surface area (Å²) < 4.78 is 2.63. The Morgan fingerprint density at radius 3 is 2.59 bits per heavy atom. The fourth-order valence-electron chi connectivity index (χ4n) is 1.18. The Labute approximate surface area is 105 Å². The predicted molar refractivity (Wildman–Crippen MR) is 70.9 cm³/mol. The summed E-state index contributed by atoms with van der Waals surface area (Å²) in [7, 11) is 0. The van der Waals surface area contributed by atoms with Gasteiger partial charge in [0.2, 0.25) is 5.91 Å². The first-order valence-corrected chi connectivity index (χ1v) is 6.51. The average Bonchev–Trinajstić information content (AvgIpc) is 2.29. The second-order valence-corrected chi connectivity index (χ2v) is 4.47. The van der Waals surface area contributed by atoms with E-state index in [-0.39, 0.29) is 17.7 Å².